The number of methoxy groups -OCH3 is 2. The molecule has 0 atom stereocenters. The first kappa shape index (κ1) is 12.9. The fourth-order valence-electron chi connectivity index (χ4n) is 1.21. The highest BCUT2D eigenvalue weighted by Crippen LogP contribution is 2.15. The Bertz CT molecular complexity index is 465. The van der Waals surface area contributed by atoms with Crippen molar-refractivity contribution in [3.8, 4) is 0 Å². The van der Waals surface area contributed by atoms with Gasteiger partial charge in [0.2, 0.25) is 5.83 Å². The molecule has 5 heteroatoms. The Kier molecular flexibility index (Phi) is 4.39. The lowest BCUT2D eigenvalue weighted by molar-refractivity contribution is -0.137. The van der Waals surface area contributed by atoms with Crippen LogP contribution in [-0.2, 0) is 14.3 Å². The summed E-state index contributed by atoms with van der Waals surface area (Å²) in [6.45, 7) is 0. The highest BCUT2D eigenvalue weighted by molar-refractivity contribution is 5.97. The molecule has 0 saturated carbocycles. The lowest BCUT2D eigenvalue weighted by Gasteiger charge is -2.03. The SMILES string of the molecule is COC(=O)/C(F)=C/c1ccccc1C(=O)OC. The molecule has 0 radical (unpaired) electrons. The van der Waals surface area contributed by atoms with Crippen LogP contribution >= 0.6 is 0 Å². The quantitative estimate of drug-likeness (QED) is 0.596. The monoisotopic (exact) mass is 238 g/mol. The van der Waals surface area contributed by atoms with Crippen LogP contribution in [0.25, 0.3) is 6.08 Å². The third-order valence-electron chi connectivity index (χ3n) is 2.03. The van der Waals surface area contributed by atoms with Gasteiger partial charge in [0.25, 0.3) is 0 Å². The molecule has 0 aliphatic heterocycles. The number of carbonyl (C=O) groups is 2. The maximum atomic E-state index is 13.3. The van der Waals surface area contributed by atoms with Crippen molar-refractivity contribution in [1.29, 1.82) is 0 Å². The summed E-state index contributed by atoms with van der Waals surface area (Å²) in [7, 11) is 2.29. The van der Waals surface area contributed by atoms with Crippen molar-refractivity contribution in [3.63, 3.8) is 0 Å². The van der Waals surface area contributed by atoms with Gasteiger partial charge in [0.05, 0.1) is 19.8 Å². The first-order chi connectivity index (χ1) is 8.10. The van der Waals surface area contributed by atoms with E-state index in [1.165, 1.54) is 19.2 Å². The van der Waals surface area contributed by atoms with Crippen molar-refractivity contribution in [2.24, 2.45) is 0 Å². The highest BCUT2D eigenvalue weighted by Gasteiger charge is 2.13. The van der Waals surface area contributed by atoms with E-state index in [1.54, 1.807) is 12.1 Å². The van der Waals surface area contributed by atoms with E-state index in [0.717, 1.165) is 13.2 Å². The van der Waals surface area contributed by atoms with Gasteiger partial charge in [-0.25, -0.2) is 9.59 Å². The minimum Gasteiger partial charge on any atom is -0.465 e. The lowest BCUT2D eigenvalue weighted by Crippen LogP contribution is -2.05. The van der Waals surface area contributed by atoms with Gasteiger partial charge in [0.1, 0.15) is 0 Å². The van der Waals surface area contributed by atoms with Crippen LogP contribution in [0.5, 0.6) is 0 Å². The smallest absolute Gasteiger partial charge is 0.366 e. The van der Waals surface area contributed by atoms with Crippen LogP contribution in [0.4, 0.5) is 4.39 Å². The molecule has 0 fully saturated rings. The maximum Gasteiger partial charge on any atom is 0.366 e. The summed E-state index contributed by atoms with van der Waals surface area (Å²) < 4.78 is 22.0. The average molecular weight is 238 g/mol. The third kappa shape index (κ3) is 3.14. The van der Waals surface area contributed by atoms with Gasteiger partial charge in [-0.1, -0.05) is 18.2 Å². The summed E-state index contributed by atoms with van der Waals surface area (Å²) in [4.78, 5) is 22.3. The van der Waals surface area contributed by atoms with E-state index in [2.05, 4.69) is 9.47 Å². The van der Waals surface area contributed by atoms with Gasteiger partial charge < -0.3 is 9.47 Å². The molecule has 17 heavy (non-hydrogen) atoms. The Balaban J connectivity index is 3.14. The van der Waals surface area contributed by atoms with E-state index in [0.29, 0.717) is 0 Å². The summed E-state index contributed by atoms with van der Waals surface area (Å²) in [6, 6.07) is 6.19. The largest absolute Gasteiger partial charge is 0.465 e. The predicted octanol–water partition coefficient (Wildman–Crippen LogP) is 1.96. The summed E-state index contributed by atoms with van der Waals surface area (Å²) >= 11 is 0. The normalized spacial score (nSPS) is 10.9. The molecule has 4 nitrogen and oxygen atoms in total. The minimum absolute atomic E-state index is 0.175. The standard InChI is InChI=1S/C12H11FO4/c1-16-11(14)9-6-4-3-5-8(9)7-10(13)12(15)17-2/h3-7H,1-2H3/b10-7-. The molecule has 1 aromatic carbocycles. The van der Waals surface area contributed by atoms with E-state index >= 15 is 0 Å². The van der Waals surface area contributed by atoms with Crippen LogP contribution in [-0.4, -0.2) is 26.2 Å². The van der Waals surface area contributed by atoms with Gasteiger partial charge in [0, 0.05) is 0 Å². The zero-order valence-corrected chi connectivity index (χ0v) is 9.40. The van der Waals surface area contributed by atoms with Gasteiger partial charge in [0.15, 0.2) is 0 Å². The van der Waals surface area contributed by atoms with Crippen molar-refractivity contribution < 1.29 is 23.5 Å². The van der Waals surface area contributed by atoms with Gasteiger partial charge in [-0.2, -0.15) is 4.39 Å². The molecule has 0 bridgehead atoms. The van der Waals surface area contributed by atoms with Crippen LogP contribution < -0.4 is 0 Å². The second kappa shape index (κ2) is 5.79. The Labute approximate surface area is 97.6 Å². The molecule has 0 aromatic heterocycles. The number of ether oxygens (including phenoxy) is 2. The average Bonchev–Trinajstić information content (AvgIpc) is 2.37. The summed E-state index contributed by atoms with van der Waals surface area (Å²) in [5, 5.41) is 0. The molecule has 0 aliphatic carbocycles. The van der Waals surface area contributed by atoms with Crippen LogP contribution in [0.3, 0.4) is 0 Å². The molecule has 0 heterocycles. The molecule has 0 spiro atoms. The zero-order chi connectivity index (χ0) is 12.8. The van der Waals surface area contributed by atoms with Gasteiger partial charge in [-0.3, -0.25) is 0 Å². The van der Waals surface area contributed by atoms with Gasteiger partial charge >= 0.3 is 11.9 Å². The number of carbonyl (C=O) groups excluding carboxylic acids is 2. The van der Waals surface area contributed by atoms with Gasteiger partial charge in [-0.15, -0.1) is 0 Å². The first-order valence-corrected chi connectivity index (χ1v) is 4.73. The van der Waals surface area contributed by atoms with Crippen molar-refractivity contribution in [2.45, 2.75) is 0 Å². The lowest BCUT2D eigenvalue weighted by atomic mass is 10.1. The number of rotatable bonds is 3. The van der Waals surface area contributed by atoms with E-state index in [4.69, 9.17) is 0 Å². The Morgan fingerprint density at radius 1 is 1.18 bits per heavy atom. The summed E-state index contributed by atoms with van der Waals surface area (Å²) in [5.74, 6) is -2.77. The topological polar surface area (TPSA) is 52.6 Å². The Hall–Kier alpha value is -2.17. The number of benzene rings is 1. The Morgan fingerprint density at radius 3 is 2.41 bits per heavy atom. The molecule has 0 amide bonds. The molecular formula is C12H11FO4. The van der Waals surface area contributed by atoms with Crippen molar-refractivity contribution in [3.05, 3.63) is 41.2 Å². The van der Waals surface area contributed by atoms with Crippen LogP contribution in [0.1, 0.15) is 15.9 Å². The molecule has 1 aromatic rings. The zero-order valence-electron chi connectivity index (χ0n) is 9.40. The molecule has 90 valence electrons. The minimum atomic E-state index is -1.09. The first-order valence-electron chi connectivity index (χ1n) is 4.73. The number of hydrogen-bond acceptors (Lipinski definition) is 4. The molecule has 0 unspecified atom stereocenters. The van der Waals surface area contributed by atoms with Crippen LogP contribution in [0.15, 0.2) is 30.1 Å². The number of halogens is 1. The third-order valence-corrected chi connectivity index (χ3v) is 2.03. The molecule has 1 rings (SSSR count). The number of esters is 2. The van der Waals surface area contributed by atoms with Crippen LogP contribution in [0, 0.1) is 0 Å². The van der Waals surface area contributed by atoms with E-state index < -0.39 is 17.8 Å². The predicted molar refractivity (Wildman–Crippen MR) is 58.9 cm³/mol. The second-order valence-electron chi connectivity index (χ2n) is 3.06. The second-order valence-corrected chi connectivity index (χ2v) is 3.06. The summed E-state index contributed by atoms with van der Waals surface area (Å²) in [5.41, 5.74) is 0.427. The molecular weight excluding hydrogens is 227 g/mol. The maximum absolute atomic E-state index is 13.3. The number of hydrogen-bond donors (Lipinski definition) is 0. The van der Waals surface area contributed by atoms with E-state index in [9.17, 15) is 14.0 Å². The van der Waals surface area contributed by atoms with Crippen molar-refractivity contribution in [2.75, 3.05) is 14.2 Å². The molecule has 0 N–H and O–H groups in total. The van der Waals surface area contributed by atoms with E-state index in [-0.39, 0.29) is 11.1 Å². The molecule has 0 aliphatic rings. The van der Waals surface area contributed by atoms with Crippen molar-refractivity contribution >= 4 is 18.0 Å². The van der Waals surface area contributed by atoms with Crippen molar-refractivity contribution in [1.82, 2.24) is 0 Å². The fourth-order valence-corrected chi connectivity index (χ4v) is 1.21. The highest BCUT2D eigenvalue weighted by atomic mass is 19.1. The van der Waals surface area contributed by atoms with Crippen LogP contribution in [0.2, 0.25) is 0 Å². The Morgan fingerprint density at radius 2 is 1.82 bits per heavy atom. The summed E-state index contributed by atoms with van der Waals surface area (Å²) in [6.07, 6.45) is 0.929. The van der Waals surface area contributed by atoms with E-state index in [1.807, 2.05) is 0 Å². The molecule has 0 saturated heterocycles. The fraction of sp³-hybridized carbons (Fsp3) is 0.167. The van der Waals surface area contributed by atoms with Gasteiger partial charge in [-0.05, 0) is 17.7 Å².